The van der Waals surface area contributed by atoms with Crippen LogP contribution in [0.4, 0.5) is 4.79 Å². The minimum absolute atomic E-state index is 0.0864. The zero-order chi connectivity index (χ0) is 25.9. The highest BCUT2D eigenvalue weighted by Crippen LogP contribution is 2.23. The second kappa shape index (κ2) is 13.3. The fourth-order valence-electron chi connectivity index (χ4n) is 3.90. The molecule has 0 spiro atoms. The molecule has 1 amide bonds. The number of aromatic amines is 1. The van der Waals surface area contributed by atoms with Gasteiger partial charge in [0.1, 0.15) is 12.4 Å². The van der Waals surface area contributed by atoms with E-state index in [-0.39, 0.29) is 19.6 Å². The number of hydrogen-bond acceptors (Lipinski definition) is 5. The van der Waals surface area contributed by atoms with Gasteiger partial charge in [0.05, 0.1) is 19.2 Å². The summed E-state index contributed by atoms with van der Waals surface area (Å²) in [6, 6.07) is 15.4. The van der Waals surface area contributed by atoms with Crippen molar-refractivity contribution in [3.05, 3.63) is 82.7 Å². The molecule has 0 saturated heterocycles. The van der Waals surface area contributed by atoms with Gasteiger partial charge in [-0.25, -0.2) is 4.79 Å². The summed E-state index contributed by atoms with van der Waals surface area (Å²) in [6.07, 6.45) is 2.57. The Morgan fingerprint density at radius 2 is 1.86 bits per heavy atom. The van der Waals surface area contributed by atoms with Gasteiger partial charge in [0.25, 0.3) is 0 Å². The van der Waals surface area contributed by atoms with Crippen LogP contribution in [-0.2, 0) is 22.6 Å². The molecule has 2 N–H and O–H groups in total. The lowest BCUT2D eigenvalue weighted by atomic mass is 9.97. The molecule has 8 heteroatoms. The van der Waals surface area contributed by atoms with Crippen LogP contribution in [0.2, 0.25) is 0 Å². The van der Waals surface area contributed by atoms with E-state index in [1.807, 2.05) is 48.7 Å². The largest absolute Gasteiger partial charge is 0.494 e. The fourth-order valence-corrected chi connectivity index (χ4v) is 3.90. The van der Waals surface area contributed by atoms with Gasteiger partial charge in [-0.2, -0.15) is 5.10 Å². The minimum atomic E-state index is -0.960. The Morgan fingerprint density at radius 3 is 2.56 bits per heavy atom. The first kappa shape index (κ1) is 26.8. The Bertz CT molecular complexity index is 1130. The van der Waals surface area contributed by atoms with Crippen molar-refractivity contribution in [3.63, 3.8) is 0 Å². The third-order valence-corrected chi connectivity index (χ3v) is 5.92. The molecule has 3 aromatic rings. The number of rotatable bonds is 13. The van der Waals surface area contributed by atoms with Gasteiger partial charge in [-0.1, -0.05) is 50.2 Å². The molecule has 0 atom stereocenters. The first-order valence-electron chi connectivity index (χ1n) is 12.3. The maximum absolute atomic E-state index is 12.5. The van der Waals surface area contributed by atoms with E-state index >= 15 is 0 Å². The topological polar surface area (TPSA) is 105 Å². The van der Waals surface area contributed by atoms with Gasteiger partial charge in [-0.15, -0.1) is 0 Å². The fraction of sp³-hybridized carbons (Fsp3) is 0.393. The van der Waals surface area contributed by atoms with Gasteiger partial charge in [0, 0.05) is 25.2 Å². The molecular weight excluding hydrogens is 458 g/mol. The quantitative estimate of drug-likeness (QED) is 0.313. The molecule has 3 rings (SSSR count). The van der Waals surface area contributed by atoms with Gasteiger partial charge >= 0.3 is 12.1 Å². The van der Waals surface area contributed by atoms with E-state index < -0.39 is 12.1 Å². The van der Waals surface area contributed by atoms with Crippen molar-refractivity contribution in [2.45, 2.75) is 52.6 Å². The number of aliphatic carboxylic acids is 1. The monoisotopic (exact) mass is 493 g/mol. The van der Waals surface area contributed by atoms with Crippen LogP contribution in [0.5, 0.6) is 5.75 Å². The summed E-state index contributed by atoms with van der Waals surface area (Å²) in [5, 5.41) is 16.3. The van der Waals surface area contributed by atoms with Crippen LogP contribution in [0, 0.1) is 6.92 Å². The number of carboxylic acid groups (broad SMARTS) is 1. The zero-order valence-corrected chi connectivity index (χ0v) is 21.2. The predicted molar refractivity (Wildman–Crippen MR) is 137 cm³/mol. The number of amides is 1. The van der Waals surface area contributed by atoms with E-state index in [2.05, 4.69) is 37.0 Å². The number of nitrogens with one attached hydrogen (secondary N) is 1. The lowest BCUT2D eigenvalue weighted by Gasteiger charge is -2.21. The number of aromatic nitrogens is 2. The van der Waals surface area contributed by atoms with Crippen LogP contribution in [-0.4, -0.2) is 52.0 Å². The third-order valence-electron chi connectivity index (χ3n) is 5.92. The highest BCUT2D eigenvalue weighted by molar-refractivity contribution is 5.70. The maximum atomic E-state index is 12.5. The van der Waals surface area contributed by atoms with Crippen molar-refractivity contribution in [2.24, 2.45) is 0 Å². The summed E-state index contributed by atoms with van der Waals surface area (Å²) in [4.78, 5) is 25.0. The Kier molecular flexibility index (Phi) is 9.92. The molecule has 1 heterocycles. The van der Waals surface area contributed by atoms with Crippen LogP contribution in [0.3, 0.4) is 0 Å². The Morgan fingerprint density at radius 1 is 1.08 bits per heavy atom. The van der Waals surface area contributed by atoms with Gasteiger partial charge in [-0.3, -0.25) is 9.89 Å². The highest BCUT2D eigenvalue weighted by atomic mass is 16.6. The van der Waals surface area contributed by atoms with Gasteiger partial charge < -0.3 is 19.5 Å². The maximum Gasteiger partial charge on any atom is 0.410 e. The van der Waals surface area contributed by atoms with Crippen LogP contribution in [0.15, 0.2) is 54.7 Å². The highest BCUT2D eigenvalue weighted by Gasteiger charge is 2.16. The number of nitrogens with zero attached hydrogens (tertiary/aromatic N) is 2. The smallest absolute Gasteiger partial charge is 0.410 e. The van der Waals surface area contributed by atoms with Crippen molar-refractivity contribution in [1.82, 2.24) is 15.1 Å². The second-order valence-corrected chi connectivity index (χ2v) is 9.10. The minimum Gasteiger partial charge on any atom is -0.494 e. The molecule has 36 heavy (non-hydrogen) atoms. The normalized spacial score (nSPS) is 10.9. The van der Waals surface area contributed by atoms with E-state index in [9.17, 15) is 9.59 Å². The number of carbonyl (C=O) groups is 2. The first-order valence-corrected chi connectivity index (χ1v) is 12.3. The van der Waals surface area contributed by atoms with Crippen LogP contribution >= 0.6 is 0 Å². The number of carbonyl (C=O) groups excluding carboxylic acids is 1. The van der Waals surface area contributed by atoms with Gasteiger partial charge in [0.2, 0.25) is 0 Å². The molecule has 0 aliphatic carbocycles. The predicted octanol–water partition coefficient (Wildman–Crippen LogP) is 5.31. The number of carboxylic acids is 1. The van der Waals surface area contributed by atoms with Gasteiger partial charge in [-0.05, 0) is 53.6 Å². The zero-order valence-electron chi connectivity index (χ0n) is 21.2. The molecular formula is C28H35N3O5. The number of aryl methyl sites for hydroxylation is 1. The van der Waals surface area contributed by atoms with Crippen LogP contribution < -0.4 is 4.74 Å². The number of hydrogen-bond donors (Lipinski definition) is 2. The summed E-state index contributed by atoms with van der Waals surface area (Å²) in [6.45, 7) is 7.32. The molecule has 0 aliphatic heterocycles. The number of ether oxygens (including phenoxy) is 2. The van der Waals surface area contributed by atoms with Gasteiger partial charge in [0.15, 0.2) is 0 Å². The Labute approximate surface area is 212 Å². The lowest BCUT2D eigenvalue weighted by molar-refractivity contribution is -0.137. The lowest BCUT2D eigenvalue weighted by Crippen LogP contribution is -2.35. The number of benzene rings is 2. The van der Waals surface area contributed by atoms with Crippen molar-refractivity contribution in [1.29, 1.82) is 0 Å². The summed E-state index contributed by atoms with van der Waals surface area (Å²) < 4.78 is 11.3. The van der Waals surface area contributed by atoms with E-state index in [1.165, 1.54) is 16.0 Å². The van der Waals surface area contributed by atoms with E-state index in [1.54, 1.807) is 0 Å². The van der Waals surface area contributed by atoms with Crippen molar-refractivity contribution >= 4 is 12.1 Å². The number of H-pyrrole nitrogens is 1. The Balaban J connectivity index is 1.49. The molecule has 2 aromatic carbocycles. The molecule has 192 valence electrons. The summed E-state index contributed by atoms with van der Waals surface area (Å²) in [7, 11) is 0. The molecule has 0 radical (unpaired) electrons. The van der Waals surface area contributed by atoms with Crippen LogP contribution in [0.25, 0.3) is 0 Å². The molecule has 0 saturated carbocycles. The molecule has 0 fully saturated rings. The summed E-state index contributed by atoms with van der Waals surface area (Å²) in [5.41, 5.74) is 5.58. The summed E-state index contributed by atoms with van der Waals surface area (Å²) in [5.74, 6) is 0.186. The molecule has 0 bridgehead atoms. The first-order chi connectivity index (χ1) is 17.3. The van der Waals surface area contributed by atoms with E-state index in [0.29, 0.717) is 25.5 Å². The average Bonchev–Trinajstić information content (AvgIpc) is 3.33. The summed E-state index contributed by atoms with van der Waals surface area (Å²) >= 11 is 0. The average molecular weight is 494 g/mol. The van der Waals surface area contributed by atoms with E-state index in [4.69, 9.17) is 14.6 Å². The second-order valence-electron chi connectivity index (χ2n) is 9.10. The van der Waals surface area contributed by atoms with Crippen LogP contribution in [0.1, 0.15) is 60.6 Å². The van der Waals surface area contributed by atoms with Crippen molar-refractivity contribution in [3.8, 4) is 5.75 Å². The van der Waals surface area contributed by atoms with Crippen molar-refractivity contribution in [2.75, 3.05) is 19.7 Å². The molecule has 1 aromatic heterocycles. The molecule has 0 aliphatic rings. The standard InChI is InChI=1S/C28H35N3O5/c1-20(2)27-24(18-29-30-27)17-23-10-11-25(16-21(23)3)35-15-7-13-31(14-12-26(32)33)28(34)36-19-22-8-5-4-6-9-22/h4-6,8-11,16,18,20H,7,12-15,17,19H2,1-3H3,(H,29,30)(H,32,33). The molecule has 0 unspecified atom stereocenters. The third kappa shape index (κ3) is 8.15. The van der Waals surface area contributed by atoms with E-state index in [0.717, 1.165) is 29.0 Å². The van der Waals surface area contributed by atoms with Crippen molar-refractivity contribution < 1.29 is 24.2 Å². The SMILES string of the molecule is Cc1cc(OCCCN(CCC(=O)O)C(=O)OCc2ccccc2)ccc1Cc1cn[nH]c1C(C)C. The molecule has 8 nitrogen and oxygen atoms in total. The Hall–Kier alpha value is -3.81.